The molecule has 112 valence electrons. The van der Waals surface area contributed by atoms with Crippen LogP contribution in [0, 0.1) is 5.92 Å². The van der Waals surface area contributed by atoms with Crippen LogP contribution in [0.15, 0.2) is 48.7 Å². The maximum atomic E-state index is 12.2. The van der Waals surface area contributed by atoms with Crippen molar-refractivity contribution < 1.29 is 4.79 Å². The number of rotatable bonds is 4. The fraction of sp³-hybridized carbons (Fsp3) is 0.263. The van der Waals surface area contributed by atoms with Crippen molar-refractivity contribution in [2.24, 2.45) is 5.92 Å². The molecule has 0 saturated heterocycles. The molecule has 1 saturated carbocycles. The van der Waals surface area contributed by atoms with E-state index in [2.05, 4.69) is 10.3 Å². The van der Waals surface area contributed by atoms with Gasteiger partial charge in [-0.15, -0.1) is 0 Å². The molecule has 0 atom stereocenters. The van der Waals surface area contributed by atoms with E-state index in [0.717, 1.165) is 29.8 Å². The molecule has 1 aromatic heterocycles. The minimum absolute atomic E-state index is 0.156. The second-order valence-electron chi connectivity index (χ2n) is 5.68. The smallest absolute Gasteiger partial charge is 0.227 e. The molecule has 3 rings (SSSR count). The van der Waals surface area contributed by atoms with E-state index in [4.69, 9.17) is 0 Å². The van der Waals surface area contributed by atoms with Gasteiger partial charge in [-0.2, -0.15) is 0 Å². The van der Waals surface area contributed by atoms with E-state index >= 15 is 0 Å². The van der Waals surface area contributed by atoms with Crippen LogP contribution in [-0.2, 0) is 4.79 Å². The number of hydrogen-bond donors (Lipinski definition) is 1. The number of hydrogen-bond acceptors (Lipinski definition) is 2. The van der Waals surface area contributed by atoms with Crippen LogP contribution in [0.2, 0.25) is 0 Å². The molecule has 3 nitrogen and oxygen atoms in total. The Morgan fingerprint density at radius 1 is 1.09 bits per heavy atom. The Bertz CT molecular complexity index is 658. The lowest BCUT2D eigenvalue weighted by molar-refractivity contribution is -0.119. The highest BCUT2D eigenvalue weighted by atomic mass is 16.1. The molecule has 1 aliphatic rings. The van der Waals surface area contributed by atoms with E-state index < -0.39 is 0 Å². The van der Waals surface area contributed by atoms with Crippen LogP contribution in [0.1, 0.15) is 36.9 Å². The zero-order valence-corrected chi connectivity index (χ0v) is 12.5. The van der Waals surface area contributed by atoms with E-state index in [1.165, 1.54) is 12.8 Å². The molecule has 0 radical (unpaired) electrons. The average molecular weight is 292 g/mol. The first-order valence-electron chi connectivity index (χ1n) is 7.81. The first-order valence-corrected chi connectivity index (χ1v) is 7.81. The van der Waals surface area contributed by atoms with Crippen LogP contribution < -0.4 is 5.32 Å². The van der Waals surface area contributed by atoms with Gasteiger partial charge in [-0.1, -0.05) is 37.1 Å². The van der Waals surface area contributed by atoms with Crippen LogP contribution in [0.25, 0.3) is 12.2 Å². The first kappa shape index (κ1) is 14.5. The van der Waals surface area contributed by atoms with Crippen molar-refractivity contribution in [1.82, 2.24) is 4.98 Å². The summed E-state index contributed by atoms with van der Waals surface area (Å²) in [5.74, 6) is 0.344. The second-order valence-corrected chi connectivity index (χ2v) is 5.68. The molecule has 1 heterocycles. The van der Waals surface area contributed by atoms with E-state index in [-0.39, 0.29) is 11.8 Å². The summed E-state index contributed by atoms with van der Waals surface area (Å²) in [5.41, 5.74) is 2.83. The number of nitrogens with zero attached hydrogens (tertiary/aromatic N) is 1. The van der Waals surface area contributed by atoms with Crippen molar-refractivity contribution in [2.75, 3.05) is 5.32 Å². The van der Waals surface area contributed by atoms with E-state index in [9.17, 15) is 4.79 Å². The zero-order valence-electron chi connectivity index (χ0n) is 12.5. The largest absolute Gasteiger partial charge is 0.326 e. The maximum Gasteiger partial charge on any atom is 0.227 e. The van der Waals surface area contributed by atoms with Crippen molar-refractivity contribution in [1.29, 1.82) is 0 Å². The number of benzene rings is 1. The number of carbonyl (C=O) groups is 1. The average Bonchev–Trinajstić information content (AvgIpc) is 3.09. The lowest BCUT2D eigenvalue weighted by Gasteiger charge is -2.10. The molecule has 0 unspecified atom stereocenters. The third-order valence-electron chi connectivity index (χ3n) is 4.01. The molecule has 1 fully saturated rings. The molecule has 22 heavy (non-hydrogen) atoms. The van der Waals surface area contributed by atoms with Gasteiger partial charge in [-0.25, -0.2) is 0 Å². The fourth-order valence-corrected chi connectivity index (χ4v) is 2.81. The van der Waals surface area contributed by atoms with Gasteiger partial charge < -0.3 is 5.32 Å². The molecule has 2 aromatic rings. The number of aromatic nitrogens is 1. The highest BCUT2D eigenvalue weighted by Crippen LogP contribution is 2.26. The molecule has 0 spiro atoms. The van der Waals surface area contributed by atoms with Gasteiger partial charge in [0, 0.05) is 17.8 Å². The molecule has 0 bridgehead atoms. The number of pyridine rings is 1. The molecule has 3 heteroatoms. The Balaban J connectivity index is 1.67. The van der Waals surface area contributed by atoms with Gasteiger partial charge >= 0.3 is 0 Å². The summed E-state index contributed by atoms with van der Waals surface area (Å²) in [4.78, 5) is 16.4. The molecule has 1 N–H and O–H groups in total. The van der Waals surface area contributed by atoms with Gasteiger partial charge in [0.2, 0.25) is 5.91 Å². The summed E-state index contributed by atoms with van der Waals surface area (Å²) in [6.45, 7) is 0. The molecule has 0 aliphatic heterocycles. The van der Waals surface area contributed by atoms with Crippen LogP contribution in [0.5, 0.6) is 0 Å². The summed E-state index contributed by atoms with van der Waals surface area (Å²) >= 11 is 0. The van der Waals surface area contributed by atoms with Crippen LogP contribution >= 0.6 is 0 Å². The van der Waals surface area contributed by atoms with Crippen molar-refractivity contribution in [3.05, 3.63) is 59.9 Å². The van der Waals surface area contributed by atoms with Gasteiger partial charge in [0.25, 0.3) is 0 Å². The van der Waals surface area contributed by atoms with Crippen molar-refractivity contribution in [3.63, 3.8) is 0 Å². The fourth-order valence-electron chi connectivity index (χ4n) is 2.81. The first-order chi connectivity index (χ1) is 10.8. The Hall–Kier alpha value is -2.42. The number of amides is 1. The topological polar surface area (TPSA) is 42.0 Å². The maximum absolute atomic E-state index is 12.2. The highest BCUT2D eigenvalue weighted by Gasteiger charge is 2.22. The van der Waals surface area contributed by atoms with Crippen molar-refractivity contribution in [2.45, 2.75) is 25.7 Å². The summed E-state index contributed by atoms with van der Waals surface area (Å²) < 4.78 is 0. The van der Waals surface area contributed by atoms with Crippen molar-refractivity contribution >= 4 is 23.7 Å². The molecular weight excluding hydrogens is 272 g/mol. The van der Waals surface area contributed by atoms with Crippen LogP contribution in [-0.4, -0.2) is 10.9 Å². The Labute approximate surface area is 131 Å². The quantitative estimate of drug-likeness (QED) is 0.908. The zero-order chi connectivity index (χ0) is 15.2. The third-order valence-corrected chi connectivity index (χ3v) is 4.01. The highest BCUT2D eigenvalue weighted by molar-refractivity contribution is 5.93. The molecule has 1 aliphatic carbocycles. The van der Waals surface area contributed by atoms with Crippen LogP contribution in [0.4, 0.5) is 5.69 Å². The number of anilines is 1. The minimum atomic E-state index is 0.156. The normalized spacial score (nSPS) is 15.3. The Morgan fingerprint density at radius 2 is 1.95 bits per heavy atom. The minimum Gasteiger partial charge on any atom is -0.326 e. The van der Waals surface area contributed by atoms with E-state index in [1.54, 1.807) is 6.20 Å². The molecule has 1 amide bonds. The third kappa shape index (κ3) is 3.82. The van der Waals surface area contributed by atoms with Crippen LogP contribution in [0.3, 0.4) is 0 Å². The summed E-state index contributed by atoms with van der Waals surface area (Å²) in [6, 6.07) is 13.7. The summed E-state index contributed by atoms with van der Waals surface area (Å²) in [6.07, 6.45) is 10.1. The molecule has 1 aromatic carbocycles. The Kier molecular flexibility index (Phi) is 4.64. The monoisotopic (exact) mass is 292 g/mol. The van der Waals surface area contributed by atoms with Gasteiger partial charge in [0.1, 0.15) is 0 Å². The predicted molar refractivity (Wildman–Crippen MR) is 90.2 cm³/mol. The standard InChI is InChI=1S/C19H20N2O/c22-19(16-7-1-2-8-16)21-18-10-5-6-15(14-18)11-12-17-9-3-4-13-20-17/h3-6,9-14,16H,1-2,7-8H2,(H,21,22)/b12-11+. The lowest BCUT2D eigenvalue weighted by atomic mass is 10.1. The second kappa shape index (κ2) is 7.03. The molecular formula is C19H20N2O. The van der Waals surface area contributed by atoms with E-state index in [0.29, 0.717) is 0 Å². The van der Waals surface area contributed by atoms with Gasteiger partial charge in [0.05, 0.1) is 5.69 Å². The predicted octanol–water partition coefficient (Wildman–Crippen LogP) is 4.38. The Morgan fingerprint density at radius 3 is 2.73 bits per heavy atom. The summed E-state index contributed by atoms with van der Waals surface area (Å²) in [7, 11) is 0. The van der Waals surface area contributed by atoms with E-state index in [1.807, 2.05) is 54.6 Å². The number of nitrogens with one attached hydrogen (secondary N) is 1. The number of carbonyl (C=O) groups excluding carboxylic acids is 1. The summed E-state index contributed by atoms with van der Waals surface area (Å²) in [5, 5.41) is 3.03. The van der Waals surface area contributed by atoms with Gasteiger partial charge in [-0.3, -0.25) is 9.78 Å². The lowest BCUT2D eigenvalue weighted by Crippen LogP contribution is -2.20. The van der Waals surface area contributed by atoms with Gasteiger partial charge in [-0.05, 0) is 48.7 Å². The van der Waals surface area contributed by atoms with Crippen molar-refractivity contribution in [3.8, 4) is 0 Å². The van der Waals surface area contributed by atoms with Gasteiger partial charge in [0.15, 0.2) is 0 Å². The SMILES string of the molecule is O=C(Nc1cccc(/C=C/c2ccccn2)c1)C1CCCC1.